The van der Waals surface area contributed by atoms with Crippen LogP contribution in [0.1, 0.15) is 55.0 Å². The van der Waals surface area contributed by atoms with E-state index in [-0.39, 0.29) is 11.5 Å². The van der Waals surface area contributed by atoms with Gasteiger partial charge in [0.05, 0.1) is 17.1 Å². The highest BCUT2D eigenvalue weighted by atomic mass is 79.9. The monoisotopic (exact) mass is 671 g/mol. The molecule has 0 saturated heterocycles. The Morgan fingerprint density at radius 2 is 1.72 bits per heavy atom. The average Bonchev–Trinajstić information content (AvgIpc) is 2.89. The molecule has 0 spiro atoms. The number of ether oxygens (including phenoxy) is 1. The lowest BCUT2D eigenvalue weighted by molar-refractivity contribution is 0.305. The van der Waals surface area contributed by atoms with Gasteiger partial charge < -0.3 is 4.74 Å². The third-order valence-electron chi connectivity index (χ3n) is 6.43. The summed E-state index contributed by atoms with van der Waals surface area (Å²) in [5, 5.41) is 5.26. The molecule has 1 aromatic heterocycles. The van der Waals surface area contributed by atoms with Crippen LogP contribution in [-0.2, 0) is 6.61 Å². The summed E-state index contributed by atoms with van der Waals surface area (Å²) < 4.78 is 10.5. The number of aromatic nitrogens is 2. The second-order valence-corrected chi connectivity index (χ2v) is 11.6. The van der Waals surface area contributed by atoms with E-state index in [2.05, 4.69) is 52.9 Å². The van der Waals surface area contributed by atoms with Gasteiger partial charge >= 0.3 is 0 Å². The lowest BCUT2D eigenvalue weighted by atomic mass is 9.88. The molecule has 4 aromatic rings. The largest absolute Gasteiger partial charge is 0.488 e. The Hall–Kier alpha value is -2.29. The summed E-state index contributed by atoms with van der Waals surface area (Å²) in [6.45, 7) is 0.390. The van der Waals surface area contributed by atoms with Crippen LogP contribution in [-0.4, -0.2) is 15.9 Å². The van der Waals surface area contributed by atoms with Crippen LogP contribution in [0.2, 0.25) is 0 Å². The summed E-state index contributed by atoms with van der Waals surface area (Å²) in [4.78, 5) is 18.4. The van der Waals surface area contributed by atoms with Crippen molar-refractivity contribution >= 4 is 64.9 Å². The van der Waals surface area contributed by atoms with Crippen LogP contribution in [0.25, 0.3) is 10.9 Å². The van der Waals surface area contributed by atoms with Gasteiger partial charge in [-0.25, -0.2) is 4.98 Å². The van der Waals surface area contributed by atoms with E-state index in [4.69, 9.17) is 9.72 Å². The Kier molecular flexibility index (Phi) is 8.03. The average molecular weight is 674 g/mol. The maximum Gasteiger partial charge on any atom is 0.282 e. The molecule has 0 radical (unpaired) electrons. The van der Waals surface area contributed by atoms with E-state index in [1.165, 1.54) is 11.1 Å². The Balaban J connectivity index is 1.51. The van der Waals surface area contributed by atoms with E-state index >= 15 is 0 Å². The summed E-state index contributed by atoms with van der Waals surface area (Å²) in [6.07, 6.45) is 7.26. The molecule has 0 N–H and O–H groups in total. The minimum Gasteiger partial charge on any atom is -0.488 e. The van der Waals surface area contributed by atoms with E-state index in [9.17, 15) is 4.79 Å². The molecule has 1 heterocycles. The zero-order chi connectivity index (χ0) is 25.1. The molecule has 3 aromatic carbocycles. The standard InChI is InChI=1S/C28H24Br3N3O2/c29-21-12-13-26(36-17-19-10-11-22(30)15-24(19)31)20(14-21)16-32-34-27(18-6-2-1-3-7-18)33-25-9-5-4-8-23(25)28(34)35/h4-5,8-16,18H,1-3,6-7,17H2. The highest BCUT2D eigenvalue weighted by Crippen LogP contribution is 2.32. The maximum atomic E-state index is 13.5. The van der Waals surface area contributed by atoms with Crippen molar-refractivity contribution in [1.29, 1.82) is 0 Å². The van der Waals surface area contributed by atoms with Gasteiger partial charge in [0.2, 0.25) is 0 Å². The molecule has 8 heteroatoms. The lowest BCUT2D eigenvalue weighted by Gasteiger charge is -2.22. The predicted molar refractivity (Wildman–Crippen MR) is 155 cm³/mol. The molecule has 5 nitrogen and oxygen atoms in total. The highest BCUT2D eigenvalue weighted by Gasteiger charge is 2.22. The predicted octanol–water partition coefficient (Wildman–Crippen LogP) is 8.19. The summed E-state index contributed by atoms with van der Waals surface area (Å²) in [5.74, 6) is 1.64. The minimum atomic E-state index is -0.145. The van der Waals surface area contributed by atoms with Crippen LogP contribution < -0.4 is 10.3 Å². The second-order valence-electron chi connectivity index (χ2n) is 8.89. The summed E-state index contributed by atoms with van der Waals surface area (Å²) in [5.41, 5.74) is 2.38. The molecule has 5 rings (SSSR count). The van der Waals surface area contributed by atoms with Crippen molar-refractivity contribution in [2.24, 2.45) is 5.10 Å². The Labute approximate surface area is 235 Å². The fraction of sp³-hybridized carbons (Fsp3) is 0.250. The Morgan fingerprint density at radius 3 is 2.53 bits per heavy atom. The number of rotatable bonds is 6. The number of fused-ring (bicyclic) bond motifs is 1. The maximum absolute atomic E-state index is 13.5. The van der Waals surface area contributed by atoms with Gasteiger partial charge in [-0.15, -0.1) is 0 Å². The molecule has 184 valence electrons. The fourth-order valence-corrected chi connectivity index (χ4v) is 6.08. The number of benzene rings is 3. The summed E-state index contributed by atoms with van der Waals surface area (Å²) in [7, 11) is 0. The Morgan fingerprint density at radius 1 is 0.972 bits per heavy atom. The van der Waals surface area contributed by atoms with E-state index in [1.807, 2.05) is 60.7 Å². The molecule has 1 aliphatic rings. The van der Waals surface area contributed by atoms with E-state index in [1.54, 1.807) is 6.21 Å². The van der Waals surface area contributed by atoms with Gasteiger partial charge in [0, 0.05) is 30.5 Å². The number of para-hydroxylation sites is 1. The summed E-state index contributed by atoms with van der Waals surface area (Å²) >= 11 is 10.6. The van der Waals surface area contributed by atoms with Crippen LogP contribution in [0.3, 0.4) is 0 Å². The fourth-order valence-electron chi connectivity index (χ4n) is 4.54. The van der Waals surface area contributed by atoms with E-state index in [0.717, 1.165) is 61.6 Å². The molecule has 0 amide bonds. The van der Waals surface area contributed by atoms with E-state index in [0.29, 0.717) is 17.7 Å². The van der Waals surface area contributed by atoms with Crippen LogP contribution in [0.4, 0.5) is 0 Å². The minimum absolute atomic E-state index is 0.145. The van der Waals surface area contributed by atoms with Crippen molar-refractivity contribution in [3.05, 3.63) is 101 Å². The zero-order valence-electron chi connectivity index (χ0n) is 19.5. The number of nitrogens with zero attached hydrogens (tertiary/aromatic N) is 3. The lowest BCUT2D eigenvalue weighted by Crippen LogP contribution is -2.25. The molecule has 0 aliphatic heterocycles. The van der Waals surface area contributed by atoms with Gasteiger partial charge in [0.1, 0.15) is 18.2 Å². The molecule has 1 fully saturated rings. The first-order valence-corrected chi connectivity index (χ1v) is 14.3. The summed E-state index contributed by atoms with van der Waals surface area (Å²) in [6, 6.07) is 19.3. The van der Waals surface area contributed by atoms with Crippen molar-refractivity contribution in [3.63, 3.8) is 0 Å². The number of hydrogen-bond donors (Lipinski definition) is 0. The SMILES string of the molecule is O=c1c2ccccc2nc(C2CCCCC2)n1N=Cc1cc(Br)ccc1OCc1ccc(Br)cc1Br. The van der Waals surface area contributed by atoms with Gasteiger partial charge in [-0.1, -0.05) is 85.3 Å². The molecule has 0 bridgehead atoms. The molecular formula is C28H24Br3N3O2. The molecule has 0 unspecified atom stereocenters. The van der Waals surface area contributed by atoms with Gasteiger partial charge in [0.25, 0.3) is 5.56 Å². The highest BCUT2D eigenvalue weighted by molar-refractivity contribution is 9.11. The van der Waals surface area contributed by atoms with Crippen molar-refractivity contribution in [2.45, 2.75) is 44.6 Å². The zero-order valence-corrected chi connectivity index (χ0v) is 24.2. The van der Waals surface area contributed by atoms with Crippen LogP contribution in [0.15, 0.2) is 84.0 Å². The molecule has 0 atom stereocenters. The van der Waals surface area contributed by atoms with Crippen molar-refractivity contribution in [1.82, 2.24) is 9.66 Å². The molecule has 36 heavy (non-hydrogen) atoms. The van der Waals surface area contributed by atoms with Crippen LogP contribution >= 0.6 is 47.8 Å². The van der Waals surface area contributed by atoms with Gasteiger partial charge in [-0.2, -0.15) is 9.78 Å². The first-order chi connectivity index (χ1) is 17.5. The molecular weight excluding hydrogens is 650 g/mol. The normalized spacial score (nSPS) is 14.5. The second kappa shape index (κ2) is 11.4. The Bertz CT molecular complexity index is 1490. The topological polar surface area (TPSA) is 56.5 Å². The van der Waals surface area contributed by atoms with Gasteiger partial charge in [0.15, 0.2) is 0 Å². The van der Waals surface area contributed by atoms with E-state index < -0.39 is 0 Å². The van der Waals surface area contributed by atoms with Crippen LogP contribution in [0, 0.1) is 0 Å². The third-order valence-corrected chi connectivity index (χ3v) is 8.16. The van der Waals surface area contributed by atoms with Crippen molar-refractivity contribution in [2.75, 3.05) is 0 Å². The first-order valence-electron chi connectivity index (χ1n) is 11.9. The molecule has 1 aliphatic carbocycles. The van der Waals surface area contributed by atoms with Gasteiger partial charge in [-0.05, 0) is 55.3 Å². The molecule has 1 saturated carbocycles. The smallest absolute Gasteiger partial charge is 0.282 e. The van der Waals surface area contributed by atoms with Crippen molar-refractivity contribution in [3.8, 4) is 5.75 Å². The number of halogens is 3. The van der Waals surface area contributed by atoms with Crippen molar-refractivity contribution < 1.29 is 4.74 Å². The van der Waals surface area contributed by atoms with Gasteiger partial charge in [-0.3, -0.25) is 4.79 Å². The van der Waals surface area contributed by atoms with Crippen LogP contribution in [0.5, 0.6) is 5.75 Å². The first kappa shape index (κ1) is 25.4. The third kappa shape index (κ3) is 5.66. The quantitative estimate of drug-likeness (QED) is 0.194. The number of hydrogen-bond acceptors (Lipinski definition) is 4.